The Bertz CT molecular complexity index is 1740. The van der Waals surface area contributed by atoms with Crippen molar-refractivity contribution in [2.45, 2.75) is 58.5 Å². The largest absolute Gasteiger partial charge is 0.497 e. The van der Waals surface area contributed by atoms with E-state index < -0.39 is 5.97 Å². The molecule has 0 saturated heterocycles. The molecule has 0 radical (unpaired) electrons. The fraction of sp³-hybridized carbons (Fsp3) is 0.303. The number of methoxy groups -OCH3 is 1. The van der Waals surface area contributed by atoms with Gasteiger partial charge in [-0.25, -0.2) is 14.6 Å². The summed E-state index contributed by atoms with van der Waals surface area (Å²) in [6.45, 7) is 3.60. The van der Waals surface area contributed by atoms with Crippen LogP contribution in [0.15, 0.2) is 67.0 Å². The Labute approximate surface area is 265 Å². The minimum Gasteiger partial charge on any atom is -0.497 e. The Balaban J connectivity index is 0.000000945. The van der Waals surface area contributed by atoms with Crippen molar-refractivity contribution in [3.8, 4) is 17.2 Å². The van der Waals surface area contributed by atoms with Crippen LogP contribution < -0.4 is 20.1 Å². The van der Waals surface area contributed by atoms with Gasteiger partial charge >= 0.3 is 0 Å². The van der Waals surface area contributed by atoms with Gasteiger partial charge in [0.2, 0.25) is 0 Å². The Kier molecular flexibility index (Phi) is 10.3. The monoisotopic (exact) mass is 628 g/mol. The van der Waals surface area contributed by atoms with Crippen molar-refractivity contribution in [2.75, 3.05) is 17.7 Å². The zero-order valence-corrected chi connectivity index (χ0v) is 26.3. The van der Waals surface area contributed by atoms with Crippen LogP contribution in [0.2, 0.25) is 0 Å². The van der Waals surface area contributed by atoms with E-state index in [-0.39, 0.29) is 5.91 Å². The number of hydrogen-bond donors (Lipinski definition) is 3. The Morgan fingerprint density at radius 1 is 1.00 bits per heavy atom. The maximum absolute atomic E-state index is 12.7. The van der Waals surface area contributed by atoms with Gasteiger partial charge in [0, 0.05) is 41.9 Å². The molecule has 1 amide bonds. The molecule has 3 aromatic heterocycles. The predicted molar refractivity (Wildman–Crippen MR) is 175 cm³/mol. The molecule has 45 heavy (non-hydrogen) atoms. The molecular weight excluding hydrogens is 592 g/mol. The second kappa shape index (κ2) is 14.7. The number of carbonyl (C=O) groups is 2. The number of carbonyl (C=O) groups excluding carboxylic acids is 1. The molecule has 0 atom stereocenters. The molecule has 1 aliphatic carbocycles. The van der Waals surface area contributed by atoms with E-state index in [0.717, 1.165) is 52.8 Å². The highest BCUT2D eigenvalue weighted by molar-refractivity contribution is 7.15. The minimum atomic E-state index is -0.833. The van der Waals surface area contributed by atoms with Crippen molar-refractivity contribution in [3.63, 3.8) is 0 Å². The van der Waals surface area contributed by atoms with Crippen molar-refractivity contribution < 1.29 is 24.2 Å². The zero-order valence-electron chi connectivity index (χ0n) is 25.4. The van der Waals surface area contributed by atoms with E-state index in [1.807, 2.05) is 41.9 Å². The number of benzene rings is 2. The molecule has 234 valence electrons. The van der Waals surface area contributed by atoms with E-state index in [9.17, 15) is 4.79 Å². The lowest BCUT2D eigenvalue weighted by atomic mass is 9.95. The lowest BCUT2D eigenvalue weighted by molar-refractivity contribution is -0.134. The summed E-state index contributed by atoms with van der Waals surface area (Å²) in [5.41, 5.74) is 2.36. The number of anilines is 2. The van der Waals surface area contributed by atoms with Gasteiger partial charge in [-0.15, -0.1) is 11.3 Å². The van der Waals surface area contributed by atoms with Crippen LogP contribution in [0.1, 0.15) is 59.8 Å². The molecule has 5 aromatic rings. The highest BCUT2D eigenvalue weighted by Crippen LogP contribution is 2.36. The lowest BCUT2D eigenvalue weighted by Gasteiger charge is -2.22. The summed E-state index contributed by atoms with van der Waals surface area (Å²) < 4.78 is 13.6. The van der Waals surface area contributed by atoms with Gasteiger partial charge in [0.05, 0.1) is 13.7 Å². The van der Waals surface area contributed by atoms with Gasteiger partial charge in [0.1, 0.15) is 22.6 Å². The highest BCUT2D eigenvalue weighted by atomic mass is 32.1. The van der Waals surface area contributed by atoms with E-state index in [1.54, 1.807) is 43.8 Å². The zero-order chi connectivity index (χ0) is 31.8. The number of rotatable bonds is 9. The number of hydrogen-bond acceptors (Lipinski definition) is 9. The third-order valence-electron chi connectivity index (χ3n) is 7.22. The second-order valence-electron chi connectivity index (χ2n) is 10.7. The topological polar surface area (TPSA) is 140 Å². The maximum Gasteiger partial charge on any atom is 0.300 e. The molecular formula is C33H36N6O5S. The van der Waals surface area contributed by atoms with E-state index in [4.69, 9.17) is 29.5 Å². The van der Waals surface area contributed by atoms with Crippen molar-refractivity contribution in [1.29, 1.82) is 0 Å². The number of aromatic nitrogens is 4. The SMILES string of the molecule is CC(=O)O.COc1ccc(Cn2nc(NC3CCCCC3)c3c(Oc4ccc(C(=O)Nc5ncc(C)s5)cc4)ccnc32)cc1. The number of ether oxygens (including phenoxy) is 2. The summed E-state index contributed by atoms with van der Waals surface area (Å²) in [5, 5.41) is 20.3. The summed E-state index contributed by atoms with van der Waals surface area (Å²) in [6.07, 6.45) is 9.42. The Morgan fingerprint density at radius 2 is 1.69 bits per heavy atom. The summed E-state index contributed by atoms with van der Waals surface area (Å²) in [5.74, 6) is 1.82. The third kappa shape index (κ3) is 8.36. The van der Waals surface area contributed by atoms with Crippen LogP contribution >= 0.6 is 11.3 Å². The van der Waals surface area contributed by atoms with Gasteiger partial charge in [-0.3, -0.25) is 14.9 Å². The Morgan fingerprint density at radius 3 is 2.33 bits per heavy atom. The molecule has 0 unspecified atom stereocenters. The first-order valence-electron chi connectivity index (χ1n) is 14.7. The number of nitrogens with zero attached hydrogens (tertiary/aromatic N) is 4. The summed E-state index contributed by atoms with van der Waals surface area (Å²) >= 11 is 1.44. The van der Waals surface area contributed by atoms with Crippen LogP contribution in [0.25, 0.3) is 11.0 Å². The quantitative estimate of drug-likeness (QED) is 0.155. The van der Waals surface area contributed by atoms with E-state index in [0.29, 0.717) is 34.8 Å². The number of aryl methyl sites for hydroxylation is 1. The van der Waals surface area contributed by atoms with E-state index >= 15 is 0 Å². The number of carboxylic acid groups (broad SMARTS) is 1. The predicted octanol–water partition coefficient (Wildman–Crippen LogP) is 7.13. The van der Waals surface area contributed by atoms with Crippen LogP contribution in [-0.4, -0.2) is 49.9 Å². The van der Waals surface area contributed by atoms with Crippen LogP contribution in [0.4, 0.5) is 10.9 Å². The number of aliphatic carboxylic acids is 1. The molecule has 1 fully saturated rings. The summed E-state index contributed by atoms with van der Waals surface area (Å²) in [4.78, 5) is 31.6. The van der Waals surface area contributed by atoms with Crippen LogP contribution in [0, 0.1) is 6.92 Å². The summed E-state index contributed by atoms with van der Waals surface area (Å²) in [6, 6.07) is 17.3. The Hall–Kier alpha value is -4.97. The van der Waals surface area contributed by atoms with Gasteiger partial charge in [0.25, 0.3) is 11.9 Å². The smallest absolute Gasteiger partial charge is 0.300 e. The maximum atomic E-state index is 12.7. The van der Waals surface area contributed by atoms with Gasteiger partial charge in [-0.1, -0.05) is 31.4 Å². The van der Waals surface area contributed by atoms with E-state index in [1.165, 1.54) is 30.6 Å². The van der Waals surface area contributed by atoms with Crippen molar-refractivity contribution in [3.05, 3.63) is 83.0 Å². The fourth-order valence-corrected chi connectivity index (χ4v) is 5.75. The van der Waals surface area contributed by atoms with Crippen LogP contribution in [-0.2, 0) is 11.3 Å². The van der Waals surface area contributed by atoms with Gasteiger partial charge in [-0.2, -0.15) is 5.10 Å². The lowest BCUT2D eigenvalue weighted by Crippen LogP contribution is -2.22. The molecule has 0 bridgehead atoms. The molecule has 1 aliphatic rings. The first kappa shape index (κ1) is 31.5. The average molecular weight is 629 g/mol. The number of thiazole rings is 1. The number of fused-ring (bicyclic) bond motifs is 1. The van der Waals surface area contributed by atoms with Crippen molar-refractivity contribution >= 4 is 45.2 Å². The van der Waals surface area contributed by atoms with Gasteiger partial charge in [-0.05, 0) is 61.7 Å². The molecule has 6 rings (SSSR count). The number of nitrogens with one attached hydrogen (secondary N) is 2. The van der Waals surface area contributed by atoms with E-state index in [2.05, 4.69) is 15.6 Å². The molecule has 0 spiro atoms. The number of amides is 1. The van der Waals surface area contributed by atoms with Crippen LogP contribution in [0.5, 0.6) is 17.2 Å². The number of carboxylic acids is 1. The third-order valence-corrected chi connectivity index (χ3v) is 8.05. The average Bonchev–Trinajstić information content (AvgIpc) is 3.60. The highest BCUT2D eigenvalue weighted by Gasteiger charge is 2.21. The standard InChI is InChI=1S/C31H32N6O3S.C2H4O2/c1-20-18-33-31(41-20)35-30(38)22-10-14-25(15-11-22)40-26-16-17-32-29-27(26)28(34-23-6-4-3-5-7-23)36-37(29)19-21-8-12-24(39-2)13-9-21;1-2(3)4/h8-18,23H,3-7,19H2,1-2H3,(H,34,36)(H,33,35,38);1H3,(H,3,4). The molecule has 0 aliphatic heterocycles. The fourth-order valence-electron chi connectivity index (χ4n) is 5.09. The first-order valence-corrected chi connectivity index (χ1v) is 15.6. The number of pyridine rings is 1. The molecule has 3 heterocycles. The molecule has 3 N–H and O–H groups in total. The normalized spacial score (nSPS) is 13.0. The summed E-state index contributed by atoms with van der Waals surface area (Å²) in [7, 11) is 1.66. The first-order chi connectivity index (χ1) is 21.8. The van der Waals surface area contributed by atoms with Gasteiger partial charge < -0.3 is 19.9 Å². The second-order valence-corrected chi connectivity index (χ2v) is 12.0. The van der Waals surface area contributed by atoms with Gasteiger partial charge in [0.15, 0.2) is 16.6 Å². The van der Waals surface area contributed by atoms with Crippen LogP contribution in [0.3, 0.4) is 0 Å². The molecule has 11 nitrogen and oxygen atoms in total. The minimum absolute atomic E-state index is 0.212. The molecule has 12 heteroatoms. The van der Waals surface area contributed by atoms with Crippen molar-refractivity contribution in [2.24, 2.45) is 0 Å². The van der Waals surface area contributed by atoms with Crippen molar-refractivity contribution in [1.82, 2.24) is 19.7 Å². The molecule has 2 aromatic carbocycles. The molecule has 1 saturated carbocycles.